The van der Waals surface area contributed by atoms with Crippen LogP contribution in [-0.2, 0) is 7.05 Å². The molecule has 0 amide bonds. The maximum atomic E-state index is 13.0. The van der Waals surface area contributed by atoms with Gasteiger partial charge < -0.3 is 5.32 Å². The van der Waals surface area contributed by atoms with Gasteiger partial charge in [0.1, 0.15) is 5.69 Å². The van der Waals surface area contributed by atoms with Gasteiger partial charge >= 0.3 is 0 Å². The Morgan fingerprint density at radius 1 is 0.931 bits per heavy atom. The van der Waals surface area contributed by atoms with Crippen LogP contribution in [0.15, 0.2) is 70.3 Å². The van der Waals surface area contributed by atoms with Gasteiger partial charge in [0.05, 0.1) is 27.6 Å². The zero-order valence-corrected chi connectivity index (χ0v) is 16.2. The quantitative estimate of drug-likeness (QED) is 0.553. The summed E-state index contributed by atoms with van der Waals surface area (Å²) in [6.45, 7) is 5.77. The van der Waals surface area contributed by atoms with E-state index >= 15 is 0 Å². The second kappa shape index (κ2) is 7.20. The number of nitrogens with zero attached hydrogens (tertiary/aromatic N) is 3. The number of anilines is 1. The second-order valence-corrected chi connectivity index (χ2v) is 6.71. The first-order valence-electron chi connectivity index (χ1n) is 9.15. The first-order valence-corrected chi connectivity index (χ1v) is 9.15. The molecule has 4 aromatic rings. The van der Waals surface area contributed by atoms with Gasteiger partial charge in [0, 0.05) is 13.2 Å². The summed E-state index contributed by atoms with van der Waals surface area (Å²) in [6, 6.07) is 18.6. The molecular formula is C22H21N5O2. The van der Waals surface area contributed by atoms with Crippen molar-refractivity contribution in [2.75, 3.05) is 5.32 Å². The molecule has 0 aliphatic carbocycles. The Morgan fingerprint density at radius 2 is 1.52 bits per heavy atom. The van der Waals surface area contributed by atoms with E-state index in [1.165, 1.54) is 10.9 Å². The third kappa shape index (κ3) is 3.12. The van der Waals surface area contributed by atoms with Crippen LogP contribution in [0, 0.1) is 6.92 Å². The molecule has 0 spiro atoms. The highest BCUT2D eigenvalue weighted by molar-refractivity contribution is 5.57. The maximum Gasteiger partial charge on any atom is 0.295 e. The van der Waals surface area contributed by atoms with Gasteiger partial charge in [0.15, 0.2) is 0 Å². The van der Waals surface area contributed by atoms with Gasteiger partial charge in [0.25, 0.3) is 11.1 Å². The summed E-state index contributed by atoms with van der Waals surface area (Å²) in [6.07, 6.45) is 1.53. The van der Waals surface area contributed by atoms with Crippen LogP contribution in [0.3, 0.4) is 0 Å². The Kier molecular flexibility index (Phi) is 4.56. The Labute approximate surface area is 166 Å². The highest BCUT2D eigenvalue weighted by atomic mass is 16.1. The van der Waals surface area contributed by atoms with Gasteiger partial charge in [-0.15, -0.1) is 0 Å². The van der Waals surface area contributed by atoms with E-state index < -0.39 is 0 Å². The SMILES string of the molecule is C=c1[nH]n(-c2ccccc2)c(=O)/c1=C\Nc1c(C)n(C)n(-c2ccccc2)c1=O. The summed E-state index contributed by atoms with van der Waals surface area (Å²) in [5, 5.41) is 6.82. The topological polar surface area (TPSA) is 76.8 Å². The summed E-state index contributed by atoms with van der Waals surface area (Å²) < 4.78 is 4.78. The van der Waals surface area contributed by atoms with Crippen LogP contribution >= 0.6 is 0 Å². The molecule has 7 nitrogen and oxygen atoms in total. The van der Waals surface area contributed by atoms with Crippen molar-refractivity contribution in [2.24, 2.45) is 7.05 Å². The third-order valence-corrected chi connectivity index (χ3v) is 4.93. The maximum absolute atomic E-state index is 13.0. The highest BCUT2D eigenvalue weighted by Gasteiger charge is 2.15. The van der Waals surface area contributed by atoms with Crippen LogP contribution in [0.25, 0.3) is 24.2 Å². The molecule has 0 aliphatic rings. The molecule has 2 aromatic heterocycles. The Hall–Kier alpha value is -4.00. The molecule has 0 fully saturated rings. The average molecular weight is 387 g/mol. The van der Waals surface area contributed by atoms with Crippen LogP contribution < -0.4 is 27.0 Å². The van der Waals surface area contributed by atoms with E-state index in [-0.39, 0.29) is 11.1 Å². The highest BCUT2D eigenvalue weighted by Crippen LogP contribution is 2.13. The van der Waals surface area contributed by atoms with Crippen molar-refractivity contribution in [1.29, 1.82) is 0 Å². The number of rotatable bonds is 4. The Balaban J connectivity index is 1.79. The fourth-order valence-corrected chi connectivity index (χ4v) is 3.28. The van der Waals surface area contributed by atoms with E-state index in [0.29, 0.717) is 21.9 Å². The standard InChI is InChI=1S/C22H21N5O2/c1-15-19(21(28)26(24-15)17-10-6-4-7-11-17)14-23-20-16(2)25(3)27(22(20)29)18-12-8-5-9-13-18/h4-14,23-24H,1H2,2-3H3/b19-14-. The number of H-pyrrole nitrogens is 1. The summed E-state index contributed by atoms with van der Waals surface area (Å²) in [7, 11) is 1.82. The number of hydrogen-bond acceptors (Lipinski definition) is 3. The van der Waals surface area contributed by atoms with Crippen molar-refractivity contribution in [1.82, 2.24) is 19.1 Å². The fourth-order valence-electron chi connectivity index (χ4n) is 3.28. The van der Waals surface area contributed by atoms with Crippen LogP contribution in [0.1, 0.15) is 5.69 Å². The Bertz CT molecular complexity index is 1390. The van der Waals surface area contributed by atoms with Crippen molar-refractivity contribution in [3.8, 4) is 11.4 Å². The first-order chi connectivity index (χ1) is 14.0. The van der Waals surface area contributed by atoms with Crippen LogP contribution in [0.5, 0.6) is 0 Å². The minimum atomic E-state index is -0.245. The van der Waals surface area contributed by atoms with E-state index in [9.17, 15) is 9.59 Å². The summed E-state index contributed by atoms with van der Waals surface area (Å²) in [4.78, 5) is 25.8. The lowest BCUT2D eigenvalue weighted by Gasteiger charge is -2.07. The zero-order valence-electron chi connectivity index (χ0n) is 16.2. The minimum Gasteiger partial charge on any atom is -0.355 e. The number of benzene rings is 2. The van der Waals surface area contributed by atoms with Crippen molar-refractivity contribution < 1.29 is 0 Å². The van der Waals surface area contributed by atoms with Crippen molar-refractivity contribution in [3.63, 3.8) is 0 Å². The number of aromatic amines is 1. The molecule has 0 atom stereocenters. The molecular weight excluding hydrogens is 366 g/mol. The molecule has 2 heterocycles. The van der Waals surface area contributed by atoms with E-state index in [4.69, 9.17) is 0 Å². The van der Waals surface area contributed by atoms with Crippen LogP contribution in [0.4, 0.5) is 5.69 Å². The van der Waals surface area contributed by atoms with Gasteiger partial charge in [-0.3, -0.25) is 19.4 Å². The number of aromatic nitrogens is 4. The molecule has 0 unspecified atom stereocenters. The molecule has 146 valence electrons. The third-order valence-electron chi connectivity index (χ3n) is 4.93. The van der Waals surface area contributed by atoms with Crippen LogP contribution in [0.2, 0.25) is 0 Å². The number of nitrogens with one attached hydrogen (secondary N) is 2. The first kappa shape index (κ1) is 18.4. The van der Waals surface area contributed by atoms with Gasteiger partial charge in [-0.1, -0.05) is 43.0 Å². The van der Waals surface area contributed by atoms with Crippen molar-refractivity contribution in [3.05, 3.63) is 97.6 Å². The van der Waals surface area contributed by atoms with Crippen molar-refractivity contribution in [2.45, 2.75) is 6.92 Å². The fraction of sp³-hybridized carbons (Fsp3) is 0.0909. The normalized spacial score (nSPS) is 11.7. The molecule has 0 radical (unpaired) electrons. The van der Waals surface area contributed by atoms with E-state index in [2.05, 4.69) is 17.0 Å². The van der Waals surface area contributed by atoms with E-state index in [1.807, 2.05) is 74.6 Å². The van der Waals surface area contributed by atoms with Gasteiger partial charge in [0.2, 0.25) is 0 Å². The van der Waals surface area contributed by atoms with Crippen LogP contribution in [-0.4, -0.2) is 19.1 Å². The lowest BCUT2D eigenvalue weighted by molar-refractivity contribution is 0.630. The van der Waals surface area contributed by atoms with Gasteiger partial charge in [-0.25, -0.2) is 9.36 Å². The average Bonchev–Trinajstić information content (AvgIpc) is 3.14. The monoisotopic (exact) mass is 387 g/mol. The van der Waals surface area contributed by atoms with E-state index in [1.54, 1.807) is 9.36 Å². The van der Waals surface area contributed by atoms with Gasteiger partial charge in [-0.05, 0) is 31.2 Å². The predicted octanol–water partition coefficient (Wildman–Crippen LogP) is 1.22. The molecule has 0 saturated carbocycles. The molecule has 0 saturated heterocycles. The number of para-hydroxylation sites is 2. The molecule has 29 heavy (non-hydrogen) atoms. The molecule has 7 heteroatoms. The summed E-state index contributed by atoms with van der Waals surface area (Å²) >= 11 is 0. The zero-order chi connectivity index (χ0) is 20.5. The summed E-state index contributed by atoms with van der Waals surface area (Å²) in [5.41, 5.74) is 2.19. The lowest BCUT2D eigenvalue weighted by Crippen LogP contribution is -2.35. The van der Waals surface area contributed by atoms with Gasteiger partial charge in [-0.2, -0.15) is 0 Å². The molecule has 2 aromatic carbocycles. The van der Waals surface area contributed by atoms with Crippen molar-refractivity contribution >= 4 is 18.5 Å². The minimum absolute atomic E-state index is 0.197. The van der Waals surface area contributed by atoms with E-state index in [0.717, 1.165) is 11.4 Å². The molecule has 4 rings (SSSR count). The summed E-state index contributed by atoms with van der Waals surface area (Å²) in [5.74, 6) is 0. The molecule has 2 N–H and O–H groups in total. The smallest absolute Gasteiger partial charge is 0.295 e. The lowest BCUT2D eigenvalue weighted by atomic mass is 10.3. The number of hydrogen-bond donors (Lipinski definition) is 2. The largest absolute Gasteiger partial charge is 0.355 e. The second-order valence-electron chi connectivity index (χ2n) is 6.71. The predicted molar refractivity (Wildman–Crippen MR) is 115 cm³/mol. The Morgan fingerprint density at radius 3 is 2.14 bits per heavy atom. The molecule has 0 aliphatic heterocycles. The molecule has 0 bridgehead atoms.